The SMILES string of the molecule is Cc1ccnc(NC(=O)Nc2cc(-c3ccccc3)on2)c1. The van der Waals surface area contributed by atoms with E-state index in [1.54, 1.807) is 18.3 Å². The van der Waals surface area contributed by atoms with Crippen LogP contribution in [0.1, 0.15) is 5.56 Å². The van der Waals surface area contributed by atoms with Gasteiger partial charge < -0.3 is 4.52 Å². The van der Waals surface area contributed by atoms with Gasteiger partial charge in [-0.3, -0.25) is 10.6 Å². The molecule has 2 amide bonds. The smallest absolute Gasteiger partial charge is 0.326 e. The summed E-state index contributed by atoms with van der Waals surface area (Å²) in [6, 6.07) is 14.4. The van der Waals surface area contributed by atoms with E-state index in [0.717, 1.165) is 11.1 Å². The van der Waals surface area contributed by atoms with E-state index in [9.17, 15) is 4.79 Å². The lowest BCUT2D eigenvalue weighted by Gasteiger charge is -2.04. The summed E-state index contributed by atoms with van der Waals surface area (Å²) in [5, 5.41) is 9.07. The summed E-state index contributed by atoms with van der Waals surface area (Å²) in [4.78, 5) is 16.0. The molecule has 0 radical (unpaired) electrons. The van der Waals surface area contributed by atoms with Crippen molar-refractivity contribution < 1.29 is 9.32 Å². The first kappa shape index (κ1) is 13.8. The second kappa shape index (κ2) is 6.09. The zero-order chi connectivity index (χ0) is 15.4. The highest BCUT2D eigenvalue weighted by atomic mass is 16.5. The van der Waals surface area contributed by atoms with Gasteiger partial charge in [0.2, 0.25) is 0 Å². The van der Waals surface area contributed by atoms with Crippen LogP contribution in [0.5, 0.6) is 0 Å². The Morgan fingerprint density at radius 3 is 2.59 bits per heavy atom. The number of hydrogen-bond acceptors (Lipinski definition) is 4. The van der Waals surface area contributed by atoms with Gasteiger partial charge in [-0.05, 0) is 24.6 Å². The quantitative estimate of drug-likeness (QED) is 0.772. The molecule has 110 valence electrons. The van der Waals surface area contributed by atoms with E-state index in [0.29, 0.717) is 17.4 Å². The van der Waals surface area contributed by atoms with Gasteiger partial charge in [-0.1, -0.05) is 35.5 Å². The monoisotopic (exact) mass is 294 g/mol. The van der Waals surface area contributed by atoms with Gasteiger partial charge in [0.15, 0.2) is 11.6 Å². The van der Waals surface area contributed by atoms with Crippen molar-refractivity contribution in [2.75, 3.05) is 10.6 Å². The predicted octanol–water partition coefficient (Wildman–Crippen LogP) is 3.69. The second-order valence-corrected chi connectivity index (χ2v) is 4.74. The number of aromatic nitrogens is 2. The van der Waals surface area contributed by atoms with Crippen molar-refractivity contribution in [1.29, 1.82) is 0 Å². The number of anilines is 2. The van der Waals surface area contributed by atoms with Crippen molar-refractivity contribution in [3.63, 3.8) is 0 Å². The first-order valence-corrected chi connectivity index (χ1v) is 6.73. The molecule has 6 nitrogen and oxygen atoms in total. The molecule has 22 heavy (non-hydrogen) atoms. The van der Waals surface area contributed by atoms with Crippen LogP contribution in [0.15, 0.2) is 59.3 Å². The Morgan fingerprint density at radius 2 is 1.82 bits per heavy atom. The molecule has 1 aromatic carbocycles. The standard InChI is InChI=1S/C16H14N4O2/c1-11-7-8-17-14(9-11)18-16(21)19-15-10-13(22-20-15)12-5-3-2-4-6-12/h2-10H,1H3,(H2,17,18,19,20,21). The molecule has 3 aromatic rings. The molecule has 0 atom stereocenters. The maximum atomic E-state index is 11.9. The van der Waals surface area contributed by atoms with E-state index in [1.165, 1.54) is 0 Å². The average Bonchev–Trinajstić information content (AvgIpc) is 2.96. The molecule has 0 unspecified atom stereocenters. The van der Waals surface area contributed by atoms with Gasteiger partial charge >= 0.3 is 6.03 Å². The minimum Gasteiger partial charge on any atom is -0.354 e. The first-order valence-electron chi connectivity index (χ1n) is 6.73. The zero-order valence-corrected chi connectivity index (χ0v) is 11.9. The van der Waals surface area contributed by atoms with Crippen molar-refractivity contribution in [3.8, 4) is 11.3 Å². The summed E-state index contributed by atoms with van der Waals surface area (Å²) in [5.41, 5.74) is 1.90. The van der Waals surface area contributed by atoms with Gasteiger partial charge in [0.25, 0.3) is 0 Å². The molecule has 0 saturated heterocycles. The number of benzene rings is 1. The third kappa shape index (κ3) is 3.29. The topological polar surface area (TPSA) is 80.0 Å². The van der Waals surface area contributed by atoms with E-state index < -0.39 is 6.03 Å². The Balaban J connectivity index is 1.66. The fourth-order valence-electron chi connectivity index (χ4n) is 1.94. The molecule has 2 heterocycles. The molecule has 0 aliphatic heterocycles. The Labute approximate surface area is 127 Å². The van der Waals surface area contributed by atoms with Crippen molar-refractivity contribution in [2.45, 2.75) is 6.92 Å². The van der Waals surface area contributed by atoms with Crippen molar-refractivity contribution in [3.05, 3.63) is 60.3 Å². The van der Waals surface area contributed by atoms with Gasteiger partial charge in [0, 0.05) is 17.8 Å². The van der Waals surface area contributed by atoms with E-state index in [2.05, 4.69) is 20.8 Å². The number of pyridine rings is 1. The molecule has 0 saturated carbocycles. The number of carbonyl (C=O) groups excluding carboxylic acids is 1. The number of hydrogen-bond donors (Lipinski definition) is 2. The van der Waals surface area contributed by atoms with Crippen LogP contribution in [0.3, 0.4) is 0 Å². The van der Waals surface area contributed by atoms with Crippen LogP contribution in [-0.4, -0.2) is 16.2 Å². The van der Waals surface area contributed by atoms with Crippen LogP contribution >= 0.6 is 0 Å². The largest absolute Gasteiger partial charge is 0.354 e. The van der Waals surface area contributed by atoms with Crippen LogP contribution in [0.2, 0.25) is 0 Å². The number of amides is 2. The molecule has 0 spiro atoms. The number of urea groups is 1. The van der Waals surface area contributed by atoms with Crippen molar-refractivity contribution in [2.24, 2.45) is 0 Å². The number of nitrogens with zero attached hydrogens (tertiary/aromatic N) is 2. The lowest BCUT2D eigenvalue weighted by Crippen LogP contribution is -2.20. The molecular formula is C16H14N4O2. The van der Waals surface area contributed by atoms with E-state index in [-0.39, 0.29) is 0 Å². The lowest BCUT2D eigenvalue weighted by molar-refractivity contribution is 0.262. The van der Waals surface area contributed by atoms with Gasteiger partial charge in [-0.25, -0.2) is 9.78 Å². The van der Waals surface area contributed by atoms with Crippen LogP contribution in [0.25, 0.3) is 11.3 Å². The van der Waals surface area contributed by atoms with Crippen LogP contribution < -0.4 is 10.6 Å². The lowest BCUT2D eigenvalue weighted by atomic mass is 10.2. The molecule has 2 N–H and O–H groups in total. The fourth-order valence-corrected chi connectivity index (χ4v) is 1.94. The van der Waals surface area contributed by atoms with Crippen molar-refractivity contribution in [1.82, 2.24) is 10.1 Å². The normalized spacial score (nSPS) is 10.2. The van der Waals surface area contributed by atoms with Crippen LogP contribution in [-0.2, 0) is 0 Å². The van der Waals surface area contributed by atoms with Gasteiger partial charge in [-0.2, -0.15) is 0 Å². The number of carbonyl (C=O) groups is 1. The van der Waals surface area contributed by atoms with E-state index >= 15 is 0 Å². The first-order chi connectivity index (χ1) is 10.7. The fraction of sp³-hybridized carbons (Fsp3) is 0.0625. The Hall–Kier alpha value is -3.15. The molecular weight excluding hydrogens is 280 g/mol. The van der Waals surface area contributed by atoms with Crippen LogP contribution in [0.4, 0.5) is 16.4 Å². The highest BCUT2D eigenvalue weighted by molar-refractivity contribution is 5.98. The van der Waals surface area contributed by atoms with Gasteiger partial charge in [-0.15, -0.1) is 0 Å². The van der Waals surface area contributed by atoms with E-state index in [4.69, 9.17) is 4.52 Å². The molecule has 0 bridgehead atoms. The van der Waals surface area contributed by atoms with Gasteiger partial charge in [0.05, 0.1) is 0 Å². The summed E-state index contributed by atoms with van der Waals surface area (Å²) in [7, 11) is 0. The molecule has 0 fully saturated rings. The second-order valence-electron chi connectivity index (χ2n) is 4.74. The summed E-state index contributed by atoms with van der Waals surface area (Å²) >= 11 is 0. The zero-order valence-electron chi connectivity index (χ0n) is 11.9. The number of nitrogens with one attached hydrogen (secondary N) is 2. The Morgan fingerprint density at radius 1 is 1.05 bits per heavy atom. The molecule has 2 aromatic heterocycles. The molecule has 6 heteroatoms. The minimum absolute atomic E-state index is 0.337. The highest BCUT2D eigenvalue weighted by Crippen LogP contribution is 2.21. The average molecular weight is 294 g/mol. The molecule has 3 rings (SSSR count). The van der Waals surface area contributed by atoms with E-state index in [1.807, 2.05) is 43.3 Å². The summed E-state index contributed by atoms with van der Waals surface area (Å²) < 4.78 is 5.21. The third-order valence-electron chi connectivity index (χ3n) is 2.97. The molecule has 0 aliphatic carbocycles. The maximum absolute atomic E-state index is 11.9. The van der Waals surface area contributed by atoms with Crippen LogP contribution in [0, 0.1) is 6.92 Å². The summed E-state index contributed by atoms with van der Waals surface area (Å²) in [6.07, 6.45) is 1.63. The number of aryl methyl sites for hydroxylation is 1. The number of rotatable bonds is 3. The summed E-state index contributed by atoms with van der Waals surface area (Å²) in [5.74, 6) is 1.40. The summed E-state index contributed by atoms with van der Waals surface area (Å²) in [6.45, 7) is 1.93. The maximum Gasteiger partial charge on any atom is 0.326 e. The Bertz CT molecular complexity index is 784. The molecule has 0 aliphatic rings. The third-order valence-corrected chi connectivity index (χ3v) is 2.97. The predicted molar refractivity (Wildman–Crippen MR) is 83.6 cm³/mol. The van der Waals surface area contributed by atoms with Gasteiger partial charge in [0.1, 0.15) is 5.82 Å². The highest BCUT2D eigenvalue weighted by Gasteiger charge is 2.09. The minimum atomic E-state index is -0.425. The Kier molecular flexibility index (Phi) is 3.82. The van der Waals surface area contributed by atoms with Crippen molar-refractivity contribution >= 4 is 17.7 Å².